The molecule has 0 aromatic heterocycles. The predicted molar refractivity (Wildman–Crippen MR) is 129 cm³/mol. The van der Waals surface area contributed by atoms with Crippen LogP contribution < -0.4 is 14.8 Å². The summed E-state index contributed by atoms with van der Waals surface area (Å²) in [6, 6.07) is 5.74. The highest BCUT2D eigenvalue weighted by Gasteiger charge is 2.14. The number of ether oxygens (including phenoxy) is 2. The molecule has 0 amide bonds. The highest BCUT2D eigenvalue weighted by Crippen LogP contribution is 2.25. The number of halogens is 1. The maximum atomic E-state index is 11.8. The van der Waals surface area contributed by atoms with Gasteiger partial charge in [0.2, 0.25) is 10.0 Å². The first-order valence-electron chi connectivity index (χ1n) is 9.43. The van der Waals surface area contributed by atoms with Crippen molar-refractivity contribution in [2.75, 3.05) is 53.7 Å². The number of aliphatic imine (C=N–C) groups is 1. The van der Waals surface area contributed by atoms with Crippen molar-refractivity contribution < 1.29 is 17.9 Å². The van der Waals surface area contributed by atoms with E-state index in [1.807, 2.05) is 37.1 Å². The quantitative estimate of drug-likeness (QED) is 0.200. The van der Waals surface area contributed by atoms with Crippen molar-refractivity contribution in [1.82, 2.24) is 14.5 Å². The second-order valence-corrected chi connectivity index (χ2v) is 8.71. The van der Waals surface area contributed by atoms with Crippen LogP contribution in [0.1, 0.15) is 25.8 Å². The normalized spacial score (nSPS) is 11.8. The molecule has 0 saturated heterocycles. The minimum atomic E-state index is -3.14. The van der Waals surface area contributed by atoms with E-state index in [0.29, 0.717) is 26.1 Å². The molecule has 8 nitrogen and oxygen atoms in total. The van der Waals surface area contributed by atoms with Crippen LogP contribution in [-0.2, 0) is 16.6 Å². The fraction of sp³-hybridized carbons (Fsp3) is 0.632. The van der Waals surface area contributed by atoms with E-state index in [2.05, 4.69) is 10.3 Å². The van der Waals surface area contributed by atoms with Crippen LogP contribution in [0.2, 0.25) is 0 Å². The fourth-order valence-electron chi connectivity index (χ4n) is 2.62. The molecule has 0 bridgehead atoms. The second-order valence-electron chi connectivity index (χ2n) is 6.35. The number of methoxy groups -OCH3 is 2. The van der Waals surface area contributed by atoms with Crippen LogP contribution in [-0.4, -0.2) is 77.3 Å². The Morgan fingerprint density at radius 3 is 2.41 bits per heavy atom. The molecular weight excluding hydrogens is 507 g/mol. The lowest BCUT2D eigenvalue weighted by molar-refractivity contribution is 0.382. The summed E-state index contributed by atoms with van der Waals surface area (Å²) in [6.45, 7) is 6.01. The zero-order valence-electron chi connectivity index (χ0n) is 18.3. The zero-order valence-corrected chi connectivity index (χ0v) is 21.4. The van der Waals surface area contributed by atoms with E-state index >= 15 is 0 Å². The molecular formula is C19H35IN4O4S. The van der Waals surface area contributed by atoms with E-state index in [0.717, 1.165) is 29.6 Å². The van der Waals surface area contributed by atoms with Crippen molar-refractivity contribution in [3.63, 3.8) is 0 Å². The lowest BCUT2D eigenvalue weighted by atomic mass is 10.2. The van der Waals surface area contributed by atoms with E-state index in [1.165, 1.54) is 4.31 Å². The lowest BCUT2D eigenvalue weighted by Gasteiger charge is -2.23. The van der Waals surface area contributed by atoms with Crippen molar-refractivity contribution in [3.8, 4) is 11.5 Å². The average Bonchev–Trinajstić information content (AvgIpc) is 2.70. The molecule has 1 aromatic carbocycles. The number of hydrogen-bond donors (Lipinski definition) is 1. The van der Waals surface area contributed by atoms with Crippen molar-refractivity contribution in [3.05, 3.63) is 23.8 Å². The molecule has 1 rings (SSSR count). The smallest absolute Gasteiger partial charge is 0.213 e. The summed E-state index contributed by atoms with van der Waals surface area (Å²) in [5, 5.41) is 3.27. The van der Waals surface area contributed by atoms with Crippen molar-refractivity contribution in [2.24, 2.45) is 4.99 Å². The number of rotatable bonds is 11. The number of nitrogens with one attached hydrogen (secondary N) is 1. The van der Waals surface area contributed by atoms with Crippen LogP contribution in [0.25, 0.3) is 0 Å². The van der Waals surface area contributed by atoms with Gasteiger partial charge in [-0.1, -0.05) is 0 Å². The molecule has 10 heteroatoms. The molecule has 0 atom stereocenters. The van der Waals surface area contributed by atoms with Gasteiger partial charge in [0.15, 0.2) is 5.96 Å². The summed E-state index contributed by atoms with van der Waals surface area (Å²) >= 11 is 0. The van der Waals surface area contributed by atoms with E-state index in [-0.39, 0.29) is 29.7 Å². The maximum absolute atomic E-state index is 11.8. The molecule has 1 aromatic rings. The Kier molecular flexibility index (Phi) is 13.3. The summed E-state index contributed by atoms with van der Waals surface area (Å²) < 4.78 is 35.7. The molecule has 1 N–H and O–H groups in total. The third-order valence-electron chi connectivity index (χ3n) is 4.33. The van der Waals surface area contributed by atoms with Crippen LogP contribution in [0.5, 0.6) is 11.5 Å². The Balaban J connectivity index is 0.00000784. The van der Waals surface area contributed by atoms with Crippen LogP contribution in [0.15, 0.2) is 23.2 Å². The second kappa shape index (κ2) is 13.9. The first kappa shape index (κ1) is 27.7. The van der Waals surface area contributed by atoms with Gasteiger partial charge in [0.1, 0.15) is 11.5 Å². The minimum Gasteiger partial charge on any atom is -0.497 e. The van der Waals surface area contributed by atoms with Gasteiger partial charge in [-0.3, -0.25) is 4.99 Å². The fourth-order valence-corrected chi connectivity index (χ4v) is 3.47. The molecule has 0 heterocycles. The SMILES string of the molecule is CCNC(=NCCCN(C)S(=O)(=O)CC)N(C)Cc1ccc(OC)cc1OC.I. The number of nitrogens with zero attached hydrogens (tertiary/aromatic N) is 3. The molecule has 0 aliphatic heterocycles. The van der Waals surface area contributed by atoms with Gasteiger partial charge in [-0.25, -0.2) is 12.7 Å². The van der Waals surface area contributed by atoms with Crippen molar-refractivity contribution in [1.29, 1.82) is 0 Å². The maximum Gasteiger partial charge on any atom is 0.213 e. The van der Waals surface area contributed by atoms with E-state index < -0.39 is 10.0 Å². The van der Waals surface area contributed by atoms with Gasteiger partial charge in [0.25, 0.3) is 0 Å². The Labute approximate surface area is 192 Å². The minimum absolute atomic E-state index is 0. The standard InChI is InChI=1S/C19H34N4O4S.HI/c1-7-20-19(21-12-9-13-23(4)28(24,25)8-2)22(3)15-16-10-11-17(26-5)14-18(16)27-6;/h10-11,14H,7-9,12-13,15H2,1-6H3,(H,20,21);1H. The highest BCUT2D eigenvalue weighted by molar-refractivity contribution is 14.0. The Bertz CT molecular complexity index is 744. The molecule has 0 radical (unpaired) electrons. The largest absolute Gasteiger partial charge is 0.497 e. The van der Waals surface area contributed by atoms with Gasteiger partial charge < -0.3 is 19.7 Å². The monoisotopic (exact) mass is 542 g/mol. The Morgan fingerprint density at radius 2 is 1.86 bits per heavy atom. The summed E-state index contributed by atoms with van der Waals surface area (Å²) in [4.78, 5) is 6.64. The predicted octanol–water partition coefficient (Wildman–Crippen LogP) is 2.39. The third-order valence-corrected chi connectivity index (χ3v) is 6.19. The topological polar surface area (TPSA) is 83.5 Å². The van der Waals surface area contributed by atoms with Gasteiger partial charge in [0, 0.05) is 51.9 Å². The molecule has 0 spiro atoms. The van der Waals surface area contributed by atoms with Gasteiger partial charge in [0.05, 0.1) is 20.0 Å². The van der Waals surface area contributed by atoms with Crippen LogP contribution in [0.3, 0.4) is 0 Å². The molecule has 0 fully saturated rings. The summed E-state index contributed by atoms with van der Waals surface area (Å²) in [7, 11) is 3.68. The number of benzene rings is 1. The Hall–Kier alpha value is -1.27. The first-order valence-corrected chi connectivity index (χ1v) is 11.0. The molecule has 168 valence electrons. The molecule has 0 unspecified atom stereocenters. The van der Waals surface area contributed by atoms with Gasteiger partial charge in [-0.2, -0.15) is 0 Å². The lowest BCUT2D eigenvalue weighted by Crippen LogP contribution is -2.38. The average molecular weight is 542 g/mol. The molecule has 0 aliphatic carbocycles. The van der Waals surface area contributed by atoms with Gasteiger partial charge in [-0.05, 0) is 32.4 Å². The van der Waals surface area contributed by atoms with Crippen LogP contribution in [0.4, 0.5) is 0 Å². The van der Waals surface area contributed by atoms with E-state index in [4.69, 9.17) is 9.47 Å². The Morgan fingerprint density at radius 1 is 1.17 bits per heavy atom. The number of sulfonamides is 1. The van der Waals surface area contributed by atoms with Gasteiger partial charge in [-0.15, -0.1) is 24.0 Å². The van der Waals surface area contributed by atoms with Crippen LogP contribution >= 0.6 is 24.0 Å². The van der Waals surface area contributed by atoms with Gasteiger partial charge >= 0.3 is 0 Å². The van der Waals surface area contributed by atoms with Crippen LogP contribution in [0, 0.1) is 0 Å². The summed E-state index contributed by atoms with van der Waals surface area (Å²) in [6.07, 6.45) is 0.657. The molecule has 29 heavy (non-hydrogen) atoms. The highest BCUT2D eigenvalue weighted by atomic mass is 127. The number of guanidine groups is 1. The number of hydrogen-bond acceptors (Lipinski definition) is 5. The molecule has 0 aliphatic rings. The molecule has 0 saturated carbocycles. The summed E-state index contributed by atoms with van der Waals surface area (Å²) in [5.74, 6) is 2.38. The van der Waals surface area contributed by atoms with E-state index in [1.54, 1.807) is 28.2 Å². The first-order chi connectivity index (χ1) is 13.3. The third kappa shape index (κ3) is 8.95. The van der Waals surface area contributed by atoms with Crippen molar-refractivity contribution in [2.45, 2.75) is 26.8 Å². The van der Waals surface area contributed by atoms with E-state index in [9.17, 15) is 8.42 Å². The zero-order chi connectivity index (χ0) is 21.2. The summed E-state index contributed by atoms with van der Waals surface area (Å²) in [5.41, 5.74) is 1.02. The van der Waals surface area contributed by atoms with Crippen molar-refractivity contribution >= 4 is 40.0 Å².